The first-order valence-electron chi connectivity index (χ1n) is 8.69. The Hall–Kier alpha value is -2.71. The van der Waals surface area contributed by atoms with Gasteiger partial charge in [-0.3, -0.25) is 9.59 Å². The Kier molecular flexibility index (Phi) is 5.88. The van der Waals surface area contributed by atoms with Crippen molar-refractivity contribution in [3.05, 3.63) is 60.2 Å². The predicted molar refractivity (Wildman–Crippen MR) is 102 cm³/mol. The van der Waals surface area contributed by atoms with Crippen molar-refractivity contribution in [2.24, 2.45) is 0 Å². The standard InChI is InChI=1S/C19H21N3O4S/c23-18(11-12-20-19(24)14-5-2-1-3-6-14)21-16-7-4-8-17(13-16)27(25,26)22-15-9-10-15/h1-8,13,15,22H,9-12H2,(H,20,24)(H,21,23). The van der Waals surface area contributed by atoms with E-state index in [-0.39, 0.29) is 35.7 Å². The van der Waals surface area contributed by atoms with Gasteiger partial charge in [0.05, 0.1) is 4.90 Å². The molecule has 0 atom stereocenters. The summed E-state index contributed by atoms with van der Waals surface area (Å²) in [5.41, 5.74) is 0.923. The number of anilines is 1. The van der Waals surface area contributed by atoms with Gasteiger partial charge in [-0.25, -0.2) is 13.1 Å². The zero-order valence-electron chi connectivity index (χ0n) is 14.6. The van der Waals surface area contributed by atoms with E-state index in [0.717, 1.165) is 12.8 Å². The third-order valence-electron chi connectivity index (χ3n) is 4.00. The Morgan fingerprint density at radius 1 is 1.00 bits per heavy atom. The second-order valence-corrected chi connectivity index (χ2v) is 8.06. The number of benzene rings is 2. The van der Waals surface area contributed by atoms with E-state index in [1.165, 1.54) is 12.1 Å². The topological polar surface area (TPSA) is 104 Å². The molecular formula is C19H21N3O4S. The molecule has 0 saturated heterocycles. The van der Waals surface area contributed by atoms with E-state index >= 15 is 0 Å². The summed E-state index contributed by atoms with van der Waals surface area (Å²) in [7, 11) is -3.57. The highest BCUT2D eigenvalue weighted by atomic mass is 32.2. The van der Waals surface area contributed by atoms with Crippen LogP contribution in [0.1, 0.15) is 29.6 Å². The third kappa shape index (κ3) is 5.63. The van der Waals surface area contributed by atoms with E-state index in [0.29, 0.717) is 11.3 Å². The van der Waals surface area contributed by atoms with E-state index in [1.54, 1.807) is 36.4 Å². The number of carbonyl (C=O) groups is 2. The van der Waals surface area contributed by atoms with Crippen LogP contribution in [0.15, 0.2) is 59.5 Å². The van der Waals surface area contributed by atoms with Gasteiger partial charge in [0.2, 0.25) is 15.9 Å². The molecule has 1 fully saturated rings. The summed E-state index contributed by atoms with van der Waals surface area (Å²) in [5, 5.41) is 5.33. The molecule has 27 heavy (non-hydrogen) atoms. The molecular weight excluding hydrogens is 366 g/mol. The average molecular weight is 387 g/mol. The zero-order valence-corrected chi connectivity index (χ0v) is 15.5. The van der Waals surface area contributed by atoms with Gasteiger partial charge in [-0.1, -0.05) is 24.3 Å². The summed E-state index contributed by atoms with van der Waals surface area (Å²) in [6, 6.07) is 14.9. The van der Waals surface area contributed by atoms with Crippen LogP contribution in [0.25, 0.3) is 0 Å². The molecule has 1 aliphatic rings. The zero-order chi connectivity index (χ0) is 19.3. The summed E-state index contributed by atoms with van der Waals surface area (Å²) < 4.78 is 27.1. The molecule has 1 saturated carbocycles. The van der Waals surface area contributed by atoms with Crippen molar-refractivity contribution < 1.29 is 18.0 Å². The van der Waals surface area contributed by atoms with E-state index in [1.807, 2.05) is 6.07 Å². The Bertz CT molecular complexity index is 925. The van der Waals surface area contributed by atoms with Crippen molar-refractivity contribution >= 4 is 27.5 Å². The Morgan fingerprint density at radius 3 is 2.44 bits per heavy atom. The van der Waals surface area contributed by atoms with Crippen molar-refractivity contribution in [3.63, 3.8) is 0 Å². The van der Waals surface area contributed by atoms with Crippen molar-refractivity contribution in [1.29, 1.82) is 0 Å². The van der Waals surface area contributed by atoms with Crippen LogP contribution in [0.3, 0.4) is 0 Å². The maximum Gasteiger partial charge on any atom is 0.251 e. The van der Waals surface area contributed by atoms with Crippen LogP contribution in [-0.4, -0.2) is 32.8 Å². The first-order chi connectivity index (χ1) is 12.9. The lowest BCUT2D eigenvalue weighted by Crippen LogP contribution is -2.28. The number of rotatable bonds is 8. The summed E-state index contributed by atoms with van der Waals surface area (Å²) in [4.78, 5) is 24.1. The number of amides is 2. The molecule has 0 unspecified atom stereocenters. The minimum atomic E-state index is -3.57. The highest BCUT2D eigenvalue weighted by molar-refractivity contribution is 7.89. The van der Waals surface area contributed by atoms with Gasteiger partial charge in [-0.2, -0.15) is 0 Å². The van der Waals surface area contributed by atoms with Gasteiger partial charge in [0.25, 0.3) is 5.91 Å². The number of nitrogens with one attached hydrogen (secondary N) is 3. The van der Waals surface area contributed by atoms with E-state index < -0.39 is 10.0 Å². The van der Waals surface area contributed by atoms with Crippen LogP contribution in [0.5, 0.6) is 0 Å². The maximum absolute atomic E-state index is 12.2. The van der Waals surface area contributed by atoms with Crippen molar-refractivity contribution in [2.45, 2.75) is 30.2 Å². The fraction of sp³-hybridized carbons (Fsp3) is 0.263. The van der Waals surface area contributed by atoms with Crippen LogP contribution in [-0.2, 0) is 14.8 Å². The van der Waals surface area contributed by atoms with E-state index in [4.69, 9.17) is 0 Å². The van der Waals surface area contributed by atoms with Gasteiger partial charge < -0.3 is 10.6 Å². The highest BCUT2D eigenvalue weighted by Gasteiger charge is 2.28. The molecule has 2 aromatic rings. The summed E-state index contributed by atoms with van der Waals surface area (Å²) >= 11 is 0. The molecule has 2 amide bonds. The van der Waals surface area contributed by atoms with Gasteiger partial charge in [-0.05, 0) is 43.2 Å². The SMILES string of the molecule is O=C(CCNC(=O)c1ccccc1)Nc1cccc(S(=O)(=O)NC2CC2)c1. The lowest BCUT2D eigenvalue weighted by molar-refractivity contribution is -0.116. The molecule has 0 bridgehead atoms. The minimum Gasteiger partial charge on any atom is -0.352 e. The van der Waals surface area contributed by atoms with Crippen molar-refractivity contribution in [1.82, 2.24) is 10.0 Å². The fourth-order valence-electron chi connectivity index (χ4n) is 2.43. The molecule has 0 spiro atoms. The van der Waals surface area contributed by atoms with E-state index in [2.05, 4.69) is 15.4 Å². The molecule has 2 aromatic carbocycles. The molecule has 3 rings (SSSR count). The first kappa shape index (κ1) is 19.1. The molecule has 0 heterocycles. The Labute approximate surface area is 158 Å². The summed E-state index contributed by atoms with van der Waals surface area (Å²) in [5.74, 6) is -0.560. The first-order valence-corrected chi connectivity index (χ1v) is 10.2. The smallest absolute Gasteiger partial charge is 0.251 e. The predicted octanol–water partition coefficient (Wildman–Crippen LogP) is 1.89. The lowest BCUT2D eigenvalue weighted by atomic mass is 10.2. The normalized spacial score (nSPS) is 13.8. The molecule has 0 aliphatic heterocycles. The van der Waals surface area contributed by atoms with Crippen molar-refractivity contribution in [3.8, 4) is 0 Å². The largest absolute Gasteiger partial charge is 0.352 e. The van der Waals surface area contributed by atoms with Gasteiger partial charge in [0, 0.05) is 30.3 Å². The van der Waals surface area contributed by atoms with Gasteiger partial charge in [0.15, 0.2) is 0 Å². The third-order valence-corrected chi connectivity index (χ3v) is 5.52. The average Bonchev–Trinajstić information content (AvgIpc) is 3.46. The molecule has 142 valence electrons. The molecule has 1 aliphatic carbocycles. The van der Waals surface area contributed by atoms with Crippen LogP contribution in [0, 0.1) is 0 Å². The summed E-state index contributed by atoms with van der Waals surface area (Å²) in [6.45, 7) is 0.181. The summed E-state index contributed by atoms with van der Waals surface area (Å²) in [6.07, 6.45) is 1.78. The minimum absolute atomic E-state index is 0.0153. The van der Waals surface area contributed by atoms with Crippen LogP contribution >= 0.6 is 0 Å². The van der Waals surface area contributed by atoms with Crippen LogP contribution in [0.4, 0.5) is 5.69 Å². The monoisotopic (exact) mass is 387 g/mol. The quantitative estimate of drug-likeness (QED) is 0.643. The number of carbonyl (C=O) groups excluding carboxylic acids is 2. The number of hydrogen-bond donors (Lipinski definition) is 3. The van der Waals surface area contributed by atoms with Gasteiger partial charge in [0.1, 0.15) is 0 Å². The second-order valence-electron chi connectivity index (χ2n) is 6.34. The second kappa shape index (κ2) is 8.32. The maximum atomic E-state index is 12.2. The Balaban J connectivity index is 1.50. The fourth-order valence-corrected chi connectivity index (χ4v) is 3.78. The number of sulfonamides is 1. The van der Waals surface area contributed by atoms with Crippen molar-refractivity contribution in [2.75, 3.05) is 11.9 Å². The number of hydrogen-bond acceptors (Lipinski definition) is 4. The molecule has 3 N–H and O–H groups in total. The molecule has 7 nitrogen and oxygen atoms in total. The van der Waals surface area contributed by atoms with Crippen LogP contribution < -0.4 is 15.4 Å². The Morgan fingerprint density at radius 2 is 1.74 bits per heavy atom. The highest BCUT2D eigenvalue weighted by Crippen LogP contribution is 2.23. The lowest BCUT2D eigenvalue weighted by Gasteiger charge is -2.09. The van der Waals surface area contributed by atoms with Crippen LogP contribution in [0.2, 0.25) is 0 Å². The molecule has 0 radical (unpaired) electrons. The van der Waals surface area contributed by atoms with E-state index in [9.17, 15) is 18.0 Å². The molecule has 0 aromatic heterocycles. The molecule has 8 heteroatoms. The van der Waals surface area contributed by atoms with Gasteiger partial charge in [-0.15, -0.1) is 0 Å². The van der Waals surface area contributed by atoms with Gasteiger partial charge >= 0.3 is 0 Å².